The molecule has 13 heteroatoms. The van der Waals surface area contributed by atoms with Gasteiger partial charge in [-0.1, -0.05) is 11.6 Å². The van der Waals surface area contributed by atoms with Gasteiger partial charge in [-0.2, -0.15) is 13.2 Å². The van der Waals surface area contributed by atoms with Crippen LogP contribution in [-0.2, 0) is 10.9 Å². The summed E-state index contributed by atoms with van der Waals surface area (Å²) >= 11 is 8.05. The summed E-state index contributed by atoms with van der Waals surface area (Å²) in [6.45, 7) is 5.79. The lowest BCUT2D eigenvalue weighted by atomic mass is 10.1. The van der Waals surface area contributed by atoms with Crippen molar-refractivity contribution in [3.8, 4) is 16.3 Å². The zero-order valence-electron chi connectivity index (χ0n) is 19.4. The van der Waals surface area contributed by atoms with E-state index in [4.69, 9.17) is 21.1 Å². The van der Waals surface area contributed by atoms with E-state index in [-0.39, 0.29) is 23.3 Å². The number of thiazole rings is 1. The van der Waals surface area contributed by atoms with Crippen LogP contribution in [0.5, 0.6) is 5.75 Å². The summed E-state index contributed by atoms with van der Waals surface area (Å²) in [5.41, 5.74) is 0.975. The number of halogens is 4. The van der Waals surface area contributed by atoms with Crippen molar-refractivity contribution in [3.05, 3.63) is 57.6 Å². The first-order valence-corrected chi connectivity index (χ1v) is 12.2. The van der Waals surface area contributed by atoms with Crippen molar-refractivity contribution in [1.82, 2.24) is 25.6 Å². The van der Waals surface area contributed by atoms with Crippen LogP contribution >= 0.6 is 22.9 Å². The number of carbonyl (C=O) groups excluding carboxylic acids is 1. The van der Waals surface area contributed by atoms with Crippen LogP contribution < -0.4 is 15.4 Å². The summed E-state index contributed by atoms with van der Waals surface area (Å²) in [7, 11) is 0. The maximum Gasteiger partial charge on any atom is 0.451 e. The van der Waals surface area contributed by atoms with Gasteiger partial charge in [0.15, 0.2) is 0 Å². The fourth-order valence-corrected chi connectivity index (χ4v) is 4.59. The van der Waals surface area contributed by atoms with Crippen LogP contribution in [0.3, 0.4) is 0 Å². The van der Waals surface area contributed by atoms with Gasteiger partial charge in [0, 0.05) is 47.7 Å². The number of aryl methyl sites for hydroxylation is 1. The molecule has 3 aromatic rings. The van der Waals surface area contributed by atoms with Crippen LogP contribution in [0.15, 0.2) is 30.7 Å². The van der Waals surface area contributed by atoms with Gasteiger partial charge in [0.05, 0.1) is 23.2 Å². The Hall–Kier alpha value is -2.80. The SMILES string of the molecule is Cc1cnc(-c2cc(OC[C@H]3CNCCO3)cc(C(=O)N[C@H](C)c3cnc(C(F)(F)F)nc3)c2Cl)s1. The molecule has 0 saturated carbocycles. The number of nitrogens with one attached hydrogen (secondary N) is 2. The van der Waals surface area contributed by atoms with Crippen molar-refractivity contribution in [3.63, 3.8) is 0 Å². The van der Waals surface area contributed by atoms with Gasteiger partial charge in [-0.25, -0.2) is 15.0 Å². The van der Waals surface area contributed by atoms with E-state index in [2.05, 4.69) is 25.6 Å². The molecule has 1 saturated heterocycles. The molecule has 1 amide bonds. The molecule has 3 heterocycles. The molecular formula is C23H23ClF3N5O3S. The molecule has 1 aliphatic heterocycles. The third-order valence-electron chi connectivity index (χ3n) is 5.36. The molecule has 2 aromatic heterocycles. The number of ether oxygens (including phenoxy) is 2. The van der Waals surface area contributed by atoms with Gasteiger partial charge < -0.3 is 20.1 Å². The molecule has 192 valence electrons. The van der Waals surface area contributed by atoms with Crippen LogP contribution in [0.4, 0.5) is 13.2 Å². The van der Waals surface area contributed by atoms with Gasteiger partial charge in [0.1, 0.15) is 23.5 Å². The first-order valence-electron chi connectivity index (χ1n) is 11.0. The molecule has 1 fully saturated rings. The van der Waals surface area contributed by atoms with E-state index >= 15 is 0 Å². The third-order valence-corrected chi connectivity index (χ3v) is 6.71. The Bertz CT molecular complexity index is 1220. The standard InChI is InChI=1S/C23H23ClF3N5O3S/c1-12-7-29-21(36-12)18-6-15(35-11-16-10-28-3-4-34-16)5-17(19(18)24)20(33)32-13(2)14-8-30-22(31-9-14)23(25,26)27/h5-9,13,16,28H,3-4,10-11H2,1-2H3,(H,32,33)/t13-,16-/m1/s1. The Balaban J connectivity index is 1.57. The lowest BCUT2D eigenvalue weighted by molar-refractivity contribution is -0.145. The molecule has 2 N–H and O–H groups in total. The molecule has 0 unspecified atom stereocenters. The van der Waals surface area contributed by atoms with Crippen molar-refractivity contribution >= 4 is 28.8 Å². The zero-order chi connectivity index (χ0) is 25.9. The van der Waals surface area contributed by atoms with Crippen molar-refractivity contribution in [1.29, 1.82) is 0 Å². The fourth-order valence-electron chi connectivity index (χ4n) is 3.46. The zero-order valence-corrected chi connectivity index (χ0v) is 20.9. The molecule has 4 rings (SSSR count). The molecule has 2 atom stereocenters. The molecule has 1 aromatic carbocycles. The fraction of sp³-hybridized carbons (Fsp3) is 0.391. The Morgan fingerprint density at radius 3 is 2.67 bits per heavy atom. The van der Waals surface area contributed by atoms with Crippen molar-refractivity contribution in [2.45, 2.75) is 32.2 Å². The van der Waals surface area contributed by atoms with E-state index in [1.165, 1.54) is 17.4 Å². The monoisotopic (exact) mass is 541 g/mol. The molecule has 1 aliphatic rings. The Morgan fingerprint density at radius 1 is 1.31 bits per heavy atom. The van der Waals surface area contributed by atoms with E-state index in [1.807, 2.05) is 6.92 Å². The highest BCUT2D eigenvalue weighted by Gasteiger charge is 2.34. The number of aromatic nitrogens is 3. The average molecular weight is 542 g/mol. The van der Waals surface area contributed by atoms with Crippen LogP contribution in [0.2, 0.25) is 5.02 Å². The van der Waals surface area contributed by atoms with Gasteiger partial charge in [-0.3, -0.25) is 4.79 Å². The normalized spacial score (nSPS) is 17.0. The average Bonchev–Trinajstić information content (AvgIpc) is 3.29. The molecule has 0 bridgehead atoms. The second kappa shape index (κ2) is 11.1. The summed E-state index contributed by atoms with van der Waals surface area (Å²) in [5, 5.41) is 6.77. The second-order valence-electron chi connectivity index (χ2n) is 8.15. The Morgan fingerprint density at radius 2 is 2.06 bits per heavy atom. The number of amides is 1. The molecule has 0 radical (unpaired) electrons. The number of hydrogen-bond acceptors (Lipinski definition) is 8. The highest BCUT2D eigenvalue weighted by atomic mass is 35.5. The van der Waals surface area contributed by atoms with Crippen LogP contribution in [-0.4, -0.2) is 53.3 Å². The highest BCUT2D eigenvalue weighted by Crippen LogP contribution is 2.37. The number of morpholine rings is 1. The predicted molar refractivity (Wildman–Crippen MR) is 128 cm³/mol. The van der Waals surface area contributed by atoms with E-state index in [0.29, 0.717) is 35.0 Å². The molecular weight excluding hydrogens is 519 g/mol. The Kier molecular flexibility index (Phi) is 8.08. The number of carbonyl (C=O) groups is 1. The van der Waals surface area contributed by atoms with Crippen LogP contribution in [0.1, 0.15) is 39.6 Å². The number of hydrogen-bond donors (Lipinski definition) is 2. The summed E-state index contributed by atoms with van der Waals surface area (Å²) < 4.78 is 49.9. The van der Waals surface area contributed by atoms with E-state index in [0.717, 1.165) is 23.8 Å². The summed E-state index contributed by atoms with van der Waals surface area (Å²) in [4.78, 5) is 25.2. The van der Waals surface area contributed by atoms with Gasteiger partial charge in [-0.15, -0.1) is 11.3 Å². The minimum Gasteiger partial charge on any atom is -0.491 e. The van der Waals surface area contributed by atoms with Gasteiger partial charge in [-0.05, 0) is 26.0 Å². The second-order valence-corrected chi connectivity index (χ2v) is 9.76. The first-order chi connectivity index (χ1) is 17.1. The minimum atomic E-state index is -4.65. The van der Waals surface area contributed by atoms with Gasteiger partial charge in [0.2, 0.25) is 5.82 Å². The van der Waals surface area contributed by atoms with Crippen LogP contribution in [0, 0.1) is 6.92 Å². The highest BCUT2D eigenvalue weighted by molar-refractivity contribution is 7.15. The minimum absolute atomic E-state index is 0.138. The third kappa shape index (κ3) is 6.30. The van der Waals surface area contributed by atoms with E-state index in [1.54, 1.807) is 19.2 Å². The van der Waals surface area contributed by atoms with Crippen molar-refractivity contribution in [2.24, 2.45) is 0 Å². The lowest BCUT2D eigenvalue weighted by Crippen LogP contribution is -2.41. The maximum absolute atomic E-state index is 13.2. The Labute approximate surface area is 214 Å². The summed E-state index contributed by atoms with van der Waals surface area (Å²) in [5.74, 6) is -1.38. The van der Waals surface area contributed by atoms with Gasteiger partial charge >= 0.3 is 6.18 Å². The molecule has 0 aliphatic carbocycles. The topological polar surface area (TPSA) is 98.3 Å². The van der Waals surface area contributed by atoms with Crippen molar-refractivity contribution in [2.75, 3.05) is 26.3 Å². The smallest absolute Gasteiger partial charge is 0.451 e. The molecule has 36 heavy (non-hydrogen) atoms. The van der Waals surface area contributed by atoms with Gasteiger partial charge in [0.25, 0.3) is 5.91 Å². The number of rotatable bonds is 7. The van der Waals surface area contributed by atoms with E-state index < -0.39 is 23.9 Å². The van der Waals surface area contributed by atoms with E-state index in [9.17, 15) is 18.0 Å². The number of alkyl halides is 3. The quantitative estimate of drug-likeness (QED) is 0.456. The van der Waals surface area contributed by atoms with Crippen molar-refractivity contribution < 1.29 is 27.4 Å². The predicted octanol–water partition coefficient (Wildman–Crippen LogP) is 4.44. The van der Waals surface area contributed by atoms with Crippen LogP contribution in [0.25, 0.3) is 10.6 Å². The number of benzene rings is 1. The summed E-state index contributed by atoms with van der Waals surface area (Å²) in [6.07, 6.45) is -1.02. The lowest BCUT2D eigenvalue weighted by Gasteiger charge is -2.24. The summed E-state index contributed by atoms with van der Waals surface area (Å²) in [6, 6.07) is 2.56. The molecule has 0 spiro atoms. The first kappa shape index (κ1) is 26.3. The maximum atomic E-state index is 13.2. The molecule has 8 nitrogen and oxygen atoms in total. The largest absolute Gasteiger partial charge is 0.491 e. The number of nitrogens with zero attached hydrogens (tertiary/aromatic N) is 3.